The molecule has 0 saturated carbocycles. The zero-order chi connectivity index (χ0) is 8.55. The molecule has 6 heteroatoms. The lowest BCUT2D eigenvalue weighted by atomic mass is 10.4. The van der Waals surface area contributed by atoms with Crippen molar-refractivity contribution < 1.29 is 4.74 Å². The maximum Gasteiger partial charge on any atom is 0.157 e. The summed E-state index contributed by atoms with van der Waals surface area (Å²) in [6.07, 6.45) is 0.821. The normalized spacial score (nSPS) is 16.6. The molecule has 2 rings (SSSR count). The molecule has 0 radical (unpaired) electrons. The summed E-state index contributed by atoms with van der Waals surface area (Å²) in [4.78, 5) is 0. The molecule has 0 N–H and O–H groups in total. The lowest BCUT2D eigenvalue weighted by molar-refractivity contribution is 0.0543. The first-order valence-electron chi connectivity index (χ1n) is 3.65. The molecular weight excluding hydrogens is 194 g/mol. The van der Waals surface area contributed by atoms with Gasteiger partial charge in [-0.15, -0.1) is 10.2 Å². The van der Waals surface area contributed by atoms with E-state index in [0.717, 1.165) is 24.7 Å². The van der Waals surface area contributed by atoms with Crippen LogP contribution in [0.1, 0.15) is 16.2 Å². The summed E-state index contributed by atoms with van der Waals surface area (Å²) in [6, 6.07) is 0. The number of rotatable bonds is 1. The molecular formula is C6H9N3OS2. The summed E-state index contributed by atoms with van der Waals surface area (Å²) in [6.45, 7) is 1.25. The van der Waals surface area contributed by atoms with E-state index in [1.165, 1.54) is 0 Å². The Bertz CT molecular complexity index is 286. The number of ether oxygens (including phenoxy) is 1. The number of aromatic nitrogens is 3. The van der Waals surface area contributed by atoms with E-state index in [-0.39, 0.29) is 4.58 Å². The lowest BCUT2D eigenvalue weighted by Crippen LogP contribution is -2.18. The van der Waals surface area contributed by atoms with Gasteiger partial charge in [-0.25, -0.2) is 0 Å². The number of hydrogen-bond donors (Lipinski definition) is 2. The number of fused-ring (bicyclic) bond motifs is 1. The predicted octanol–water partition coefficient (Wildman–Crippen LogP) is 0.666. The molecule has 0 atom stereocenters. The topological polar surface area (TPSA) is 39.9 Å². The van der Waals surface area contributed by atoms with Crippen LogP contribution in [0.3, 0.4) is 0 Å². The van der Waals surface area contributed by atoms with Gasteiger partial charge in [0.2, 0.25) is 0 Å². The second-order valence-corrected chi connectivity index (χ2v) is 4.00. The molecule has 0 fully saturated rings. The van der Waals surface area contributed by atoms with E-state index in [0.29, 0.717) is 6.73 Å². The van der Waals surface area contributed by atoms with Crippen molar-refractivity contribution in [3.05, 3.63) is 11.6 Å². The molecule has 2 heterocycles. The molecule has 1 aliphatic rings. The highest BCUT2D eigenvalue weighted by molar-refractivity contribution is 7.98. The first kappa shape index (κ1) is 8.40. The predicted molar refractivity (Wildman–Crippen MR) is 50.4 cm³/mol. The molecule has 0 spiro atoms. The quantitative estimate of drug-likeness (QED) is 0.520. The van der Waals surface area contributed by atoms with Crippen molar-refractivity contribution in [1.82, 2.24) is 14.8 Å². The highest BCUT2D eigenvalue weighted by Gasteiger charge is 2.18. The van der Waals surface area contributed by atoms with E-state index in [2.05, 4.69) is 35.5 Å². The Labute approximate surface area is 81.1 Å². The van der Waals surface area contributed by atoms with Gasteiger partial charge in [0.05, 0.1) is 6.61 Å². The van der Waals surface area contributed by atoms with Crippen molar-refractivity contribution in [2.45, 2.75) is 17.7 Å². The highest BCUT2D eigenvalue weighted by atomic mass is 32.2. The Balaban J connectivity index is 2.38. The summed E-state index contributed by atoms with van der Waals surface area (Å²) < 4.78 is 6.98. The average Bonchev–Trinajstić information content (AvgIpc) is 2.47. The molecule has 0 aliphatic carbocycles. The molecule has 0 bridgehead atoms. The zero-order valence-corrected chi connectivity index (χ0v) is 8.13. The summed E-state index contributed by atoms with van der Waals surface area (Å²) >= 11 is 8.35. The molecule has 0 unspecified atom stereocenters. The minimum absolute atomic E-state index is 0.187. The summed E-state index contributed by atoms with van der Waals surface area (Å²) in [5, 5.41) is 7.99. The fourth-order valence-corrected chi connectivity index (χ4v) is 1.57. The smallest absolute Gasteiger partial charge is 0.157 e. The van der Waals surface area contributed by atoms with Gasteiger partial charge < -0.3 is 4.74 Å². The molecule has 1 aliphatic heterocycles. The van der Waals surface area contributed by atoms with Gasteiger partial charge >= 0.3 is 0 Å². The molecule has 4 nitrogen and oxygen atoms in total. The van der Waals surface area contributed by atoms with Crippen LogP contribution in [0.5, 0.6) is 0 Å². The molecule has 1 aromatic rings. The minimum Gasteiger partial charge on any atom is -0.360 e. The van der Waals surface area contributed by atoms with Crippen LogP contribution in [0.2, 0.25) is 0 Å². The Morgan fingerprint density at radius 3 is 3.00 bits per heavy atom. The van der Waals surface area contributed by atoms with Gasteiger partial charge in [0.25, 0.3) is 0 Å². The van der Waals surface area contributed by atoms with Crippen molar-refractivity contribution in [3.8, 4) is 0 Å². The molecule has 0 aromatic carbocycles. The third kappa shape index (κ3) is 1.34. The van der Waals surface area contributed by atoms with Gasteiger partial charge in [-0.3, -0.25) is 4.57 Å². The van der Waals surface area contributed by atoms with Crippen molar-refractivity contribution >= 4 is 25.3 Å². The van der Waals surface area contributed by atoms with Gasteiger partial charge in [0, 0.05) is 6.42 Å². The van der Waals surface area contributed by atoms with Crippen LogP contribution in [-0.2, 0) is 17.9 Å². The zero-order valence-electron chi connectivity index (χ0n) is 6.34. The number of nitrogens with zero attached hydrogens (tertiary/aromatic N) is 3. The van der Waals surface area contributed by atoms with Crippen LogP contribution in [0.15, 0.2) is 0 Å². The van der Waals surface area contributed by atoms with Crippen molar-refractivity contribution in [1.29, 1.82) is 0 Å². The van der Waals surface area contributed by atoms with E-state index >= 15 is 0 Å². The second-order valence-electron chi connectivity index (χ2n) is 2.56. The van der Waals surface area contributed by atoms with Crippen LogP contribution in [0.25, 0.3) is 0 Å². The Morgan fingerprint density at radius 2 is 2.25 bits per heavy atom. The lowest BCUT2D eigenvalue weighted by Gasteiger charge is -2.15. The van der Waals surface area contributed by atoms with Gasteiger partial charge in [-0.05, 0) is 0 Å². The van der Waals surface area contributed by atoms with E-state index in [4.69, 9.17) is 4.74 Å². The first-order chi connectivity index (χ1) is 5.79. The van der Waals surface area contributed by atoms with E-state index < -0.39 is 0 Å². The van der Waals surface area contributed by atoms with E-state index in [1.54, 1.807) is 0 Å². The molecule has 12 heavy (non-hydrogen) atoms. The monoisotopic (exact) mass is 203 g/mol. The number of hydrogen-bond acceptors (Lipinski definition) is 5. The van der Waals surface area contributed by atoms with Crippen LogP contribution < -0.4 is 0 Å². The summed E-state index contributed by atoms with van der Waals surface area (Å²) in [5.41, 5.74) is 0. The van der Waals surface area contributed by atoms with Gasteiger partial charge in [0.1, 0.15) is 17.1 Å². The maximum absolute atomic E-state index is 5.26. The Kier molecular flexibility index (Phi) is 2.29. The van der Waals surface area contributed by atoms with Crippen LogP contribution in [0.4, 0.5) is 0 Å². The first-order valence-corrected chi connectivity index (χ1v) is 4.68. The third-order valence-electron chi connectivity index (χ3n) is 1.78. The van der Waals surface area contributed by atoms with Crippen molar-refractivity contribution in [3.63, 3.8) is 0 Å². The average molecular weight is 203 g/mol. The standard InChI is InChI=1S/C6H9N3OS2/c11-6(12)5-8-7-4-1-2-10-3-9(4)5/h6,11-12H,1-3H2. The van der Waals surface area contributed by atoms with E-state index in [1.807, 2.05) is 4.57 Å². The SMILES string of the molecule is SC(S)c1nnc2n1COCC2. The van der Waals surface area contributed by atoms with Crippen LogP contribution in [0, 0.1) is 0 Å². The van der Waals surface area contributed by atoms with Gasteiger partial charge in [-0.2, -0.15) is 25.3 Å². The summed E-state index contributed by atoms with van der Waals surface area (Å²) in [7, 11) is 0. The molecule has 1 aromatic heterocycles. The largest absolute Gasteiger partial charge is 0.360 e. The van der Waals surface area contributed by atoms with E-state index in [9.17, 15) is 0 Å². The number of thiol groups is 2. The van der Waals surface area contributed by atoms with Gasteiger partial charge in [-0.1, -0.05) is 0 Å². The second kappa shape index (κ2) is 3.27. The molecule has 0 amide bonds. The molecule has 66 valence electrons. The van der Waals surface area contributed by atoms with Crippen LogP contribution >= 0.6 is 25.3 Å². The minimum atomic E-state index is -0.187. The summed E-state index contributed by atoms with van der Waals surface area (Å²) in [5.74, 6) is 1.72. The van der Waals surface area contributed by atoms with Crippen LogP contribution in [-0.4, -0.2) is 21.4 Å². The Morgan fingerprint density at radius 1 is 1.42 bits per heavy atom. The fourth-order valence-electron chi connectivity index (χ4n) is 1.19. The van der Waals surface area contributed by atoms with Crippen molar-refractivity contribution in [2.24, 2.45) is 0 Å². The van der Waals surface area contributed by atoms with Crippen molar-refractivity contribution in [2.75, 3.05) is 6.61 Å². The van der Waals surface area contributed by atoms with Gasteiger partial charge in [0.15, 0.2) is 5.82 Å². The molecule has 0 saturated heterocycles. The third-order valence-corrected chi connectivity index (χ3v) is 2.24. The Hall–Kier alpha value is -0.200. The highest BCUT2D eigenvalue weighted by Crippen LogP contribution is 2.23. The fraction of sp³-hybridized carbons (Fsp3) is 0.667. The maximum atomic E-state index is 5.26.